The molecular weight excluding hydrogens is 368 g/mol. The molecule has 0 atom stereocenters. The second-order valence-corrected chi connectivity index (χ2v) is 4.52. The number of halogens is 5. The second-order valence-electron chi connectivity index (χ2n) is 3.40. The van der Waals surface area contributed by atoms with E-state index in [4.69, 9.17) is 22.4 Å². The Morgan fingerprint density at radius 1 is 1.50 bits per heavy atom. The van der Waals surface area contributed by atoms with Crippen molar-refractivity contribution in [2.75, 3.05) is 5.88 Å². The highest BCUT2D eigenvalue weighted by Crippen LogP contribution is 2.40. The lowest BCUT2D eigenvalue weighted by atomic mass is 10.2. The number of carboxylic acid groups (broad SMARTS) is 1. The van der Waals surface area contributed by atoms with Crippen molar-refractivity contribution >= 4 is 45.0 Å². The van der Waals surface area contributed by atoms with Crippen LogP contribution in [0, 0.1) is 0 Å². The standard InChI is InChI=1S/C10H7BrClF3N2O3/c11-5-1-4(9(18)19)2-6(17-7(16)3-12)8(5)20-10(13,14)15/h1-2H,3H2,(H2,16,17)(H,18,19). The molecule has 0 unspecified atom stereocenters. The van der Waals surface area contributed by atoms with Gasteiger partial charge in [0.1, 0.15) is 11.5 Å². The van der Waals surface area contributed by atoms with Gasteiger partial charge in [0.2, 0.25) is 0 Å². The molecule has 0 saturated heterocycles. The molecule has 0 saturated carbocycles. The lowest BCUT2D eigenvalue weighted by Crippen LogP contribution is -2.18. The summed E-state index contributed by atoms with van der Waals surface area (Å²) in [7, 11) is 0. The van der Waals surface area contributed by atoms with E-state index in [1.807, 2.05) is 0 Å². The van der Waals surface area contributed by atoms with Gasteiger partial charge in [0.05, 0.1) is 15.9 Å². The average molecular weight is 376 g/mol. The molecule has 0 spiro atoms. The fourth-order valence-electron chi connectivity index (χ4n) is 1.19. The van der Waals surface area contributed by atoms with Crippen molar-refractivity contribution in [1.82, 2.24) is 0 Å². The maximum atomic E-state index is 12.3. The zero-order chi connectivity index (χ0) is 15.5. The number of aromatic carboxylic acids is 1. The molecule has 0 aliphatic heterocycles. The SMILES string of the molecule is NC(CCl)=Nc1cc(C(=O)O)cc(Br)c1OC(F)(F)F. The van der Waals surface area contributed by atoms with Crippen LogP contribution in [-0.2, 0) is 0 Å². The quantitative estimate of drug-likeness (QED) is 0.480. The molecule has 3 N–H and O–H groups in total. The minimum atomic E-state index is -4.97. The maximum Gasteiger partial charge on any atom is 0.573 e. The van der Waals surface area contributed by atoms with E-state index in [-0.39, 0.29) is 21.8 Å². The highest BCUT2D eigenvalue weighted by atomic mass is 79.9. The average Bonchev–Trinajstić information content (AvgIpc) is 2.31. The Labute approximate surface area is 124 Å². The van der Waals surface area contributed by atoms with Gasteiger partial charge in [-0.05, 0) is 28.1 Å². The Hall–Kier alpha value is -1.48. The lowest BCUT2D eigenvalue weighted by molar-refractivity contribution is -0.274. The van der Waals surface area contributed by atoms with Crippen LogP contribution in [0.2, 0.25) is 0 Å². The summed E-state index contributed by atoms with van der Waals surface area (Å²) in [4.78, 5) is 14.5. The number of nitrogens with two attached hydrogens (primary N) is 1. The maximum absolute atomic E-state index is 12.3. The third-order valence-corrected chi connectivity index (χ3v) is 2.75. The van der Waals surface area contributed by atoms with E-state index < -0.39 is 23.8 Å². The zero-order valence-electron chi connectivity index (χ0n) is 9.54. The first-order valence-corrected chi connectivity index (χ1v) is 6.18. The van der Waals surface area contributed by atoms with Gasteiger partial charge in [-0.15, -0.1) is 24.8 Å². The van der Waals surface area contributed by atoms with Crippen molar-refractivity contribution in [3.8, 4) is 5.75 Å². The fraction of sp³-hybridized carbons (Fsp3) is 0.200. The van der Waals surface area contributed by atoms with Crippen molar-refractivity contribution in [1.29, 1.82) is 0 Å². The Morgan fingerprint density at radius 3 is 2.55 bits per heavy atom. The van der Waals surface area contributed by atoms with Crippen molar-refractivity contribution in [2.24, 2.45) is 10.7 Å². The molecule has 1 aromatic rings. The van der Waals surface area contributed by atoms with E-state index in [1.165, 1.54) is 0 Å². The van der Waals surface area contributed by atoms with Gasteiger partial charge in [-0.2, -0.15) is 0 Å². The van der Waals surface area contributed by atoms with Gasteiger partial charge in [0.15, 0.2) is 5.75 Å². The fourth-order valence-corrected chi connectivity index (χ4v) is 1.78. The molecule has 0 radical (unpaired) electrons. The number of hydrogen-bond acceptors (Lipinski definition) is 3. The molecule has 5 nitrogen and oxygen atoms in total. The van der Waals surface area contributed by atoms with Crippen molar-refractivity contribution < 1.29 is 27.8 Å². The molecule has 0 amide bonds. The molecule has 10 heteroatoms. The van der Waals surface area contributed by atoms with Crippen LogP contribution in [-0.4, -0.2) is 29.2 Å². The van der Waals surface area contributed by atoms with Crippen LogP contribution in [0.25, 0.3) is 0 Å². The van der Waals surface area contributed by atoms with E-state index in [0.717, 1.165) is 12.1 Å². The molecule has 0 heterocycles. The Balaban J connectivity index is 3.44. The summed E-state index contributed by atoms with van der Waals surface area (Å²) >= 11 is 8.18. The number of nitrogens with zero attached hydrogens (tertiary/aromatic N) is 1. The largest absolute Gasteiger partial charge is 0.573 e. The van der Waals surface area contributed by atoms with Crippen LogP contribution in [0.1, 0.15) is 10.4 Å². The number of amidine groups is 1. The summed E-state index contributed by atoms with van der Waals surface area (Å²) in [5.74, 6) is -2.46. The third-order valence-electron chi connectivity index (χ3n) is 1.89. The molecule has 0 aliphatic rings. The van der Waals surface area contributed by atoms with Crippen molar-refractivity contribution in [3.63, 3.8) is 0 Å². The van der Waals surface area contributed by atoms with E-state index in [0.29, 0.717) is 0 Å². The summed E-state index contributed by atoms with van der Waals surface area (Å²) in [5, 5.41) is 8.86. The van der Waals surface area contributed by atoms with E-state index in [2.05, 4.69) is 25.7 Å². The first-order chi connectivity index (χ1) is 9.14. The highest BCUT2D eigenvalue weighted by molar-refractivity contribution is 9.10. The van der Waals surface area contributed by atoms with Gasteiger partial charge in [0.25, 0.3) is 0 Å². The predicted molar refractivity (Wildman–Crippen MR) is 69.8 cm³/mol. The number of carbonyl (C=O) groups is 1. The van der Waals surface area contributed by atoms with Gasteiger partial charge in [-0.1, -0.05) is 0 Å². The van der Waals surface area contributed by atoms with Gasteiger partial charge in [-0.3, -0.25) is 0 Å². The first-order valence-electron chi connectivity index (χ1n) is 4.85. The van der Waals surface area contributed by atoms with Crippen molar-refractivity contribution in [2.45, 2.75) is 6.36 Å². The van der Waals surface area contributed by atoms with Crippen LogP contribution in [0.15, 0.2) is 21.6 Å². The minimum absolute atomic E-state index is 0.187. The van der Waals surface area contributed by atoms with E-state index in [9.17, 15) is 18.0 Å². The van der Waals surface area contributed by atoms with Gasteiger partial charge < -0.3 is 15.6 Å². The van der Waals surface area contributed by atoms with Gasteiger partial charge >= 0.3 is 12.3 Å². The zero-order valence-corrected chi connectivity index (χ0v) is 11.9. The molecule has 0 aliphatic carbocycles. The lowest BCUT2D eigenvalue weighted by Gasteiger charge is -2.13. The number of aliphatic imine (C=N–C) groups is 1. The molecule has 1 aromatic carbocycles. The molecule has 0 fully saturated rings. The van der Waals surface area contributed by atoms with Crippen LogP contribution in [0.3, 0.4) is 0 Å². The number of ether oxygens (including phenoxy) is 1. The third kappa shape index (κ3) is 4.57. The number of alkyl halides is 4. The molecule has 110 valence electrons. The number of rotatable bonds is 4. The summed E-state index contributed by atoms with van der Waals surface area (Å²) in [5.41, 5.74) is 4.65. The topological polar surface area (TPSA) is 84.9 Å². The minimum Gasteiger partial charge on any atom is -0.478 e. The van der Waals surface area contributed by atoms with Gasteiger partial charge in [-0.25, -0.2) is 9.79 Å². The molecule has 20 heavy (non-hydrogen) atoms. The molecule has 1 rings (SSSR count). The predicted octanol–water partition coefficient (Wildman–Crippen LogP) is 3.27. The molecule has 0 aromatic heterocycles. The van der Waals surface area contributed by atoms with Crippen LogP contribution >= 0.6 is 27.5 Å². The number of hydrogen-bond donors (Lipinski definition) is 2. The smallest absolute Gasteiger partial charge is 0.478 e. The second kappa shape index (κ2) is 6.31. The summed E-state index contributed by atoms with van der Waals surface area (Å²) in [6, 6.07) is 1.85. The van der Waals surface area contributed by atoms with E-state index >= 15 is 0 Å². The van der Waals surface area contributed by atoms with Gasteiger partial charge in [0, 0.05) is 0 Å². The Bertz CT molecular complexity index is 563. The monoisotopic (exact) mass is 374 g/mol. The Morgan fingerprint density at radius 2 is 2.10 bits per heavy atom. The summed E-state index contributed by atoms with van der Waals surface area (Å²) < 4.78 is 40.5. The normalized spacial score (nSPS) is 12.3. The number of benzene rings is 1. The van der Waals surface area contributed by atoms with Crippen LogP contribution in [0.4, 0.5) is 18.9 Å². The van der Waals surface area contributed by atoms with Crippen LogP contribution in [0.5, 0.6) is 5.75 Å². The van der Waals surface area contributed by atoms with Crippen LogP contribution < -0.4 is 10.5 Å². The molecule has 0 bridgehead atoms. The Kier molecular flexibility index (Phi) is 5.23. The van der Waals surface area contributed by atoms with Crippen molar-refractivity contribution in [3.05, 3.63) is 22.2 Å². The molecular formula is C10H7BrClF3N2O3. The number of carboxylic acids is 1. The summed E-state index contributed by atoms with van der Waals surface area (Å²) in [6.07, 6.45) is -4.97. The van der Waals surface area contributed by atoms with E-state index in [1.54, 1.807) is 0 Å². The summed E-state index contributed by atoms with van der Waals surface area (Å²) in [6.45, 7) is 0. The first kappa shape index (κ1) is 16.6. The highest BCUT2D eigenvalue weighted by Gasteiger charge is 2.33.